The highest BCUT2D eigenvalue weighted by molar-refractivity contribution is 6.44. The molecule has 0 radical (unpaired) electrons. The van der Waals surface area contributed by atoms with E-state index in [4.69, 9.17) is 37.7 Å². The van der Waals surface area contributed by atoms with Crippen LogP contribution in [0.4, 0.5) is 0 Å². The van der Waals surface area contributed by atoms with Gasteiger partial charge in [0, 0.05) is 18.0 Å². The van der Waals surface area contributed by atoms with Crippen LogP contribution in [0.1, 0.15) is 24.1 Å². The Balaban J connectivity index is 1.31. The van der Waals surface area contributed by atoms with E-state index in [1.54, 1.807) is 13.2 Å². The molecule has 0 bridgehead atoms. The van der Waals surface area contributed by atoms with Crippen molar-refractivity contribution >= 4 is 34.9 Å². The van der Waals surface area contributed by atoms with E-state index in [0.717, 1.165) is 35.3 Å². The van der Waals surface area contributed by atoms with Crippen molar-refractivity contribution in [3.63, 3.8) is 0 Å². The third kappa shape index (κ3) is 4.26. The number of benzene rings is 2. The van der Waals surface area contributed by atoms with Crippen molar-refractivity contribution in [3.05, 3.63) is 93.9 Å². The summed E-state index contributed by atoms with van der Waals surface area (Å²) in [6, 6.07) is 17.8. The average Bonchev–Trinajstić information content (AvgIpc) is 3.19. The van der Waals surface area contributed by atoms with Crippen molar-refractivity contribution in [2.45, 2.75) is 25.6 Å². The highest BCUT2D eigenvalue weighted by Gasteiger charge is 2.24. The fourth-order valence-electron chi connectivity index (χ4n) is 3.96. The van der Waals surface area contributed by atoms with E-state index in [1.807, 2.05) is 53.2 Å². The van der Waals surface area contributed by atoms with Crippen molar-refractivity contribution in [1.29, 1.82) is 0 Å². The number of aromatic nitrogens is 2. The van der Waals surface area contributed by atoms with Gasteiger partial charge in [-0.2, -0.15) is 0 Å². The number of pyridine rings is 1. The molecule has 1 saturated carbocycles. The van der Waals surface area contributed by atoms with Gasteiger partial charge in [-0.15, -0.1) is 0 Å². The molecule has 4 aromatic rings. The molecule has 1 aliphatic rings. The van der Waals surface area contributed by atoms with Crippen LogP contribution in [0.3, 0.4) is 0 Å². The number of ether oxygens (including phenoxy) is 2. The Labute approximate surface area is 197 Å². The first kappa shape index (κ1) is 21.1. The van der Waals surface area contributed by atoms with Gasteiger partial charge in [-0.05, 0) is 54.3 Å². The molecule has 0 spiro atoms. The molecule has 162 valence electrons. The van der Waals surface area contributed by atoms with Crippen LogP contribution in [0.2, 0.25) is 10.0 Å². The molecule has 32 heavy (non-hydrogen) atoms. The summed E-state index contributed by atoms with van der Waals surface area (Å²) in [7, 11) is 1.62. The number of imidazole rings is 1. The predicted molar refractivity (Wildman–Crippen MR) is 129 cm³/mol. The van der Waals surface area contributed by atoms with Gasteiger partial charge >= 0.3 is 0 Å². The van der Waals surface area contributed by atoms with E-state index in [1.165, 1.54) is 11.1 Å². The molecular weight excluding hydrogens is 443 g/mol. The van der Waals surface area contributed by atoms with Gasteiger partial charge in [-0.1, -0.05) is 59.1 Å². The second kappa shape index (κ2) is 8.99. The van der Waals surface area contributed by atoms with Crippen LogP contribution in [-0.4, -0.2) is 22.6 Å². The maximum absolute atomic E-state index is 6.48. The summed E-state index contributed by atoms with van der Waals surface area (Å²) in [5.41, 5.74) is 6.00. The fourth-order valence-corrected chi connectivity index (χ4v) is 4.38. The zero-order valence-electron chi connectivity index (χ0n) is 17.6. The third-order valence-corrected chi connectivity index (χ3v) is 6.51. The molecule has 1 fully saturated rings. The highest BCUT2D eigenvalue weighted by atomic mass is 35.5. The fraction of sp³-hybridized carbons (Fsp3) is 0.192. The number of nitrogens with zero attached hydrogens (tertiary/aromatic N) is 2. The van der Waals surface area contributed by atoms with Gasteiger partial charge in [0.1, 0.15) is 11.4 Å². The molecule has 0 N–H and O–H groups in total. The number of rotatable bonds is 6. The molecule has 1 aliphatic carbocycles. The van der Waals surface area contributed by atoms with Crippen LogP contribution in [0.25, 0.3) is 22.9 Å². The number of hydrogen-bond acceptors (Lipinski definition) is 3. The van der Waals surface area contributed by atoms with Crippen molar-refractivity contribution in [1.82, 2.24) is 9.38 Å². The molecule has 5 rings (SSSR count). The summed E-state index contributed by atoms with van der Waals surface area (Å²) in [5, 5.41) is 0.963. The number of hydrogen-bond donors (Lipinski definition) is 0. The lowest BCUT2D eigenvalue weighted by Gasteiger charge is -2.29. The SMILES string of the molecule is COc1ccc(Cl)c(Cl)c1-c1ccn2cc(C=C3CC(OCc4ccccc4)C3)nc2c1. The first-order valence-corrected chi connectivity index (χ1v) is 11.2. The Morgan fingerprint density at radius 2 is 1.91 bits per heavy atom. The van der Waals surface area contributed by atoms with Crippen LogP contribution in [0, 0.1) is 0 Å². The summed E-state index contributed by atoms with van der Waals surface area (Å²) >= 11 is 12.7. The highest BCUT2D eigenvalue weighted by Crippen LogP contribution is 2.41. The van der Waals surface area contributed by atoms with Crippen molar-refractivity contribution in [2.75, 3.05) is 7.11 Å². The Hall–Kier alpha value is -2.79. The molecule has 2 aromatic heterocycles. The number of halogens is 2. The largest absolute Gasteiger partial charge is 0.496 e. The van der Waals surface area contributed by atoms with Gasteiger partial charge in [0.15, 0.2) is 0 Å². The van der Waals surface area contributed by atoms with Crippen LogP contribution >= 0.6 is 23.2 Å². The van der Waals surface area contributed by atoms with Gasteiger partial charge in [0.2, 0.25) is 0 Å². The zero-order chi connectivity index (χ0) is 22.1. The number of fused-ring (bicyclic) bond motifs is 1. The van der Waals surface area contributed by atoms with Crippen LogP contribution < -0.4 is 4.74 Å². The Morgan fingerprint density at radius 3 is 2.69 bits per heavy atom. The smallest absolute Gasteiger partial charge is 0.138 e. The summed E-state index contributed by atoms with van der Waals surface area (Å²) < 4.78 is 13.5. The molecule has 4 nitrogen and oxygen atoms in total. The van der Waals surface area contributed by atoms with Crippen LogP contribution in [-0.2, 0) is 11.3 Å². The molecule has 0 amide bonds. The van der Waals surface area contributed by atoms with Crippen LogP contribution in [0.5, 0.6) is 5.75 Å². The van der Waals surface area contributed by atoms with E-state index >= 15 is 0 Å². The van der Waals surface area contributed by atoms with Crippen molar-refractivity contribution in [3.8, 4) is 16.9 Å². The lowest BCUT2D eigenvalue weighted by molar-refractivity contribution is 0.0170. The molecule has 0 unspecified atom stereocenters. The normalized spacial score (nSPS) is 15.6. The zero-order valence-corrected chi connectivity index (χ0v) is 19.1. The standard InChI is InChI=1S/C26H22Cl2N2O2/c1-31-23-8-7-22(27)26(28)25(23)19-9-10-30-15-20(29-24(30)14-19)11-18-12-21(13-18)32-16-17-5-3-2-4-6-17/h2-11,14-15,21H,12-13,16H2,1H3. The average molecular weight is 465 g/mol. The summed E-state index contributed by atoms with van der Waals surface area (Å²) in [4.78, 5) is 4.78. The Bertz CT molecular complexity index is 1290. The molecule has 2 aromatic carbocycles. The molecule has 0 aliphatic heterocycles. The molecular formula is C26H22Cl2N2O2. The number of methoxy groups -OCH3 is 1. The van der Waals surface area contributed by atoms with Gasteiger partial charge < -0.3 is 13.9 Å². The van der Waals surface area contributed by atoms with E-state index in [2.05, 4.69) is 18.2 Å². The van der Waals surface area contributed by atoms with Crippen molar-refractivity contribution in [2.24, 2.45) is 0 Å². The van der Waals surface area contributed by atoms with E-state index in [9.17, 15) is 0 Å². The summed E-state index contributed by atoms with van der Waals surface area (Å²) in [6.45, 7) is 0.658. The van der Waals surface area contributed by atoms with E-state index in [0.29, 0.717) is 22.4 Å². The minimum Gasteiger partial charge on any atom is -0.496 e. The minimum absolute atomic E-state index is 0.280. The summed E-state index contributed by atoms with van der Waals surface area (Å²) in [6.07, 6.45) is 8.33. The van der Waals surface area contributed by atoms with Gasteiger partial charge in [0.25, 0.3) is 0 Å². The summed E-state index contributed by atoms with van der Waals surface area (Å²) in [5.74, 6) is 0.675. The first-order valence-electron chi connectivity index (χ1n) is 10.5. The second-order valence-electron chi connectivity index (χ2n) is 7.91. The van der Waals surface area contributed by atoms with Gasteiger partial charge in [0.05, 0.1) is 35.6 Å². The van der Waals surface area contributed by atoms with Crippen LogP contribution in [0.15, 0.2) is 72.6 Å². The first-order chi connectivity index (χ1) is 15.6. The maximum atomic E-state index is 6.48. The predicted octanol–water partition coefficient (Wildman–Crippen LogP) is 7.08. The van der Waals surface area contributed by atoms with Gasteiger partial charge in [-0.25, -0.2) is 4.98 Å². The maximum Gasteiger partial charge on any atom is 0.138 e. The van der Waals surface area contributed by atoms with Crippen molar-refractivity contribution < 1.29 is 9.47 Å². The quantitative estimate of drug-likeness (QED) is 0.305. The third-order valence-electron chi connectivity index (χ3n) is 5.70. The topological polar surface area (TPSA) is 35.8 Å². The van der Waals surface area contributed by atoms with E-state index < -0.39 is 0 Å². The monoisotopic (exact) mass is 464 g/mol. The van der Waals surface area contributed by atoms with E-state index in [-0.39, 0.29) is 6.10 Å². The Kier molecular flexibility index (Phi) is 5.92. The molecule has 2 heterocycles. The lowest BCUT2D eigenvalue weighted by Crippen LogP contribution is -2.24. The second-order valence-corrected chi connectivity index (χ2v) is 8.70. The molecule has 0 saturated heterocycles. The Morgan fingerprint density at radius 1 is 1.09 bits per heavy atom. The lowest BCUT2D eigenvalue weighted by atomic mass is 9.88. The molecule has 0 atom stereocenters. The van der Waals surface area contributed by atoms with Gasteiger partial charge in [-0.3, -0.25) is 0 Å². The molecule has 6 heteroatoms. The minimum atomic E-state index is 0.280.